The maximum Gasteiger partial charge on any atom is 0.296 e. The zero-order chi connectivity index (χ0) is 22.1. The van der Waals surface area contributed by atoms with Crippen LogP contribution in [0.4, 0.5) is 5.69 Å². The van der Waals surface area contributed by atoms with Gasteiger partial charge in [-0.3, -0.25) is 9.59 Å². The lowest BCUT2D eigenvalue weighted by Gasteiger charge is -2.08. The summed E-state index contributed by atoms with van der Waals surface area (Å²) in [6.07, 6.45) is 0. The molecule has 0 spiro atoms. The number of aromatic nitrogens is 1. The number of carbonyl (C=O) groups is 2. The van der Waals surface area contributed by atoms with Gasteiger partial charge in [0.25, 0.3) is 11.7 Å². The van der Waals surface area contributed by atoms with Crippen molar-refractivity contribution in [3.63, 3.8) is 0 Å². The Labute approximate surface area is 198 Å². The molecule has 0 saturated heterocycles. The third-order valence-corrected chi connectivity index (χ3v) is 5.88. The second-order valence-corrected chi connectivity index (χ2v) is 8.50. The summed E-state index contributed by atoms with van der Waals surface area (Å²) in [4.78, 5) is 25.8. The standard InChI is InChI=1S/C23H14Cl4N2O2/c24-14-3-1-13(2-4-14)12-29-19-10-7-16(26)11-18(19)20(22(29)27)21(30)23(31)28-17-8-5-15(25)6-9-17/h1-11H,12H2,(H,28,31). The molecule has 0 fully saturated rings. The molecule has 1 N–H and O–H groups in total. The van der Waals surface area contributed by atoms with E-state index in [4.69, 9.17) is 46.4 Å². The van der Waals surface area contributed by atoms with Crippen molar-refractivity contribution in [2.45, 2.75) is 6.54 Å². The molecule has 4 aromatic rings. The van der Waals surface area contributed by atoms with Gasteiger partial charge in [-0.2, -0.15) is 0 Å². The number of fused-ring (bicyclic) bond motifs is 1. The molecule has 0 saturated carbocycles. The van der Waals surface area contributed by atoms with E-state index >= 15 is 0 Å². The van der Waals surface area contributed by atoms with E-state index in [1.807, 2.05) is 12.1 Å². The maximum atomic E-state index is 13.1. The number of ketones is 1. The summed E-state index contributed by atoms with van der Waals surface area (Å²) >= 11 is 24.6. The number of nitrogens with one attached hydrogen (secondary N) is 1. The van der Waals surface area contributed by atoms with Crippen LogP contribution in [0.1, 0.15) is 15.9 Å². The third-order valence-electron chi connectivity index (χ3n) is 4.75. The second-order valence-electron chi connectivity index (χ2n) is 6.83. The van der Waals surface area contributed by atoms with Gasteiger partial charge >= 0.3 is 0 Å². The minimum atomic E-state index is -0.810. The number of anilines is 1. The topological polar surface area (TPSA) is 51.1 Å². The van der Waals surface area contributed by atoms with Crippen molar-refractivity contribution in [1.29, 1.82) is 0 Å². The minimum absolute atomic E-state index is 0.0968. The lowest BCUT2D eigenvalue weighted by molar-refractivity contribution is -0.112. The summed E-state index contributed by atoms with van der Waals surface area (Å²) in [6.45, 7) is 0.389. The van der Waals surface area contributed by atoms with E-state index in [1.165, 1.54) is 0 Å². The van der Waals surface area contributed by atoms with Crippen LogP contribution in [-0.2, 0) is 11.3 Å². The third kappa shape index (κ3) is 4.58. The van der Waals surface area contributed by atoms with E-state index in [0.717, 1.165) is 5.56 Å². The summed E-state index contributed by atoms with van der Waals surface area (Å²) in [7, 11) is 0. The van der Waals surface area contributed by atoms with Gasteiger partial charge in [-0.15, -0.1) is 0 Å². The number of hydrogen-bond acceptors (Lipinski definition) is 2. The van der Waals surface area contributed by atoms with Crippen LogP contribution < -0.4 is 5.32 Å². The average Bonchev–Trinajstić information content (AvgIpc) is 3.01. The molecule has 1 heterocycles. The second kappa shape index (κ2) is 8.93. The fourth-order valence-corrected chi connectivity index (χ4v) is 4.04. The molecule has 156 valence electrons. The smallest absolute Gasteiger partial charge is 0.296 e. The fourth-order valence-electron chi connectivity index (χ4n) is 3.27. The number of benzene rings is 3. The van der Waals surface area contributed by atoms with Crippen molar-refractivity contribution in [2.75, 3.05) is 5.32 Å². The van der Waals surface area contributed by atoms with E-state index in [9.17, 15) is 9.59 Å². The first-order chi connectivity index (χ1) is 14.8. The lowest BCUT2D eigenvalue weighted by Crippen LogP contribution is -2.23. The Bertz CT molecular complexity index is 1300. The van der Waals surface area contributed by atoms with E-state index in [0.29, 0.717) is 38.2 Å². The molecule has 0 atom stereocenters. The molecule has 31 heavy (non-hydrogen) atoms. The largest absolute Gasteiger partial charge is 0.327 e. The minimum Gasteiger partial charge on any atom is -0.327 e. The molecule has 0 unspecified atom stereocenters. The highest BCUT2D eigenvalue weighted by atomic mass is 35.5. The van der Waals surface area contributed by atoms with Crippen LogP contribution in [0.3, 0.4) is 0 Å². The Morgan fingerprint density at radius 1 is 0.774 bits per heavy atom. The molecule has 8 heteroatoms. The van der Waals surface area contributed by atoms with Crippen LogP contribution in [0.15, 0.2) is 66.7 Å². The van der Waals surface area contributed by atoms with E-state index in [-0.39, 0.29) is 10.7 Å². The quantitative estimate of drug-likeness (QED) is 0.238. The van der Waals surface area contributed by atoms with Gasteiger partial charge in [-0.25, -0.2) is 0 Å². The SMILES string of the molecule is O=C(Nc1ccc(Cl)cc1)C(=O)c1c(Cl)n(Cc2ccc(Cl)cc2)c2ccc(Cl)cc12. The van der Waals surface area contributed by atoms with Gasteiger partial charge in [0, 0.05) is 32.7 Å². The Kier molecular flexibility index (Phi) is 6.26. The summed E-state index contributed by atoms with van der Waals surface area (Å²) in [5, 5.41) is 4.81. The maximum absolute atomic E-state index is 13.1. The summed E-state index contributed by atoms with van der Waals surface area (Å²) in [5.74, 6) is -1.57. The summed E-state index contributed by atoms with van der Waals surface area (Å²) in [6, 6.07) is 18.9. The number of carbonyl (C=O) groups excluding carboxylic acids is 2. The number of hydrogen-bond donors (Lipinski definition) is 1. The van der Waals surface area contributed by atoms with Crippen molar-refractivity contribution in [3.05, 3.63) is 98.1 Å². The van der Waals surface area contributed by atoms with Crippen LogP contribution >= 0.6 is 46.4 Å². The van der Waals surface area contributed by atoms with Crippen molar-refractivity contribution >= 4 is 74.7 Å². The monoisotopic (exact) mass is 490 g/mol. The molecule has 0 aliphatic heterocycles. The predicted octanol–water partition coefficient (Wildman–Crippen LogP) is 7.12. The molecule has 4 nitrogen and oxygen atoms in total. The Hall–Kier alpha value is -2.50. The predicted molar refractivity (Wildman–Crippen MR) is 127 cm³/mol. The highest BCUT2D eigenvalue weighted by molar-refractivity contribution is 6.52. The van der Waals surface area contributed by atoms with Crippen LogP contribution in [-0.4, -0.2) is 16.3 Å². The van der Waals surface area contributed by atoms with Gasteiger partial charge in [0.15, 0.2) is 0 Å². The molecule has 0 aliphatic rings. The zero-order valence-corrected chi connectivity index (χ0v) is 18.9. The van der Waals surface area contributed by atoms with Gasteiger partial charge in [0.05, 0.1) is 11.1 Å². The Morgan fingerprint density at radius 3 is 2.00 bits per heavy atom. The first-order valence-electron chi connectivity index (χ1n) is 9.16. The first-order valence-corrected chi connectivity index (χ1v) is 10.7. The van der Waals surface area contributed by atoms with Crippen molar-refractivity contribution in [1.82, 2.24) is 4.57 Å². The van der Waals surface area contributed by atoms with E-state index < -0.39 is 11.7 Å². The van der Waals surface area contributed by atoms with Gasteiger partial charge in [0.2, 0.25) is 0 Å². The first kappa shape index (κ1) is 21.7. The van der Waals surface area contributed by atoms with Gasteiger partial charge in [0.1, 0.15) is 5.15 Å². The van der Waals surface area contributed by atoms with E-state index in [2.05, 4.69) is 5.32 Å². The molecule has 0 aliphatic carbocycles. The van der Waals surface area contributed by atoms with Crippen molar-refractivity contribution < 1.29 is 9.59 Å². The Balaban J connectivity index is 1.74. The number of halogens is 4. The molecular weight excluding hydrogens is 478 g/mol. The van der Waals surface area contributed by atoms with Crippen LogP contribution in [0.2, 0.25) is 20.2 Å². The lowest BCUT2D eigenvalue weighted by atomic mass is 10.1. The molecule has 1 aromatic heterocycles. The van der Waals surface area contributed by atoms with Gasteiger partial charge in [-0.05, 0) is 60.2 Å². The molecule has 1 amide bonds. The number of amides is 1. The van der Waals surface area contributed by atoms with Crippen LogP contribution in [0.5, 0.6) is 0 Å². The molecule has 4 rings (SSSR count). The van der Waals surface area contributed by atoms with Gasteiger partial charge in [-0.1, -0.05) is 58.5 Å². The number of nitrogens with zero attached hydrogens (tertiary/aromatic N) is 1. The van der Waals surface area contributed by atoms with Gasteiger partial charge < -0.3 is 9.88 Å². The van der Waals surface area contributed by atoms with Crippen molar-refractivity contribution in [2.24, 2.45) is 0 Å². The van der Waals surface area contributed by atoms with Crippen LogP contribution in [0.25, 0.3) is 10.9 Å². The molecular formula is C23H14Cl4N2O2. The number of Topliss-reactive ketones (excluding diaryl/α,β-unsaturated/α-hetero) is 1. The Morgan fingerprint density at radius 2 is 1.35 bits per heavy atom. The summed E-state index contributed by atoms with van der Waals surface area (Å²) < 4.78 is 1.76. The average molecular weight is 492 g/mol. The fraction of sp³-hybridized carbons (Fsp3) is 0.0435. The highest BCUT2D eigenvalue weighted by Gasteiger charge is 2.27. The highest BCUT2D eigenvalue weighted by Crippen LogP contribution is 2.33. The summed E-state index contributed by atoms with van der Waals surface area (Å²) in [5.41, 5.74) is 2.16. The normalized spacial score (nSPS) is 11.0. The molecule has 0 bridgehead atoms. The zero-order valence-electron chi connectivity index (χ0n) is 15.8. The number of rotatable bonds is 5. The van der Waals surface area contributed by atoms with Crippen molar-refractivity contribution in [3.8, 4) is 0 Å². The molecule has 0 radical (unpaired) electrons. The molecule has 3 aromatic carbocycles. The van der Waals surface area contributed by atoms with Crippen LogP contribution in [0, 0.1) is 0 Å². The van der Waals surface area contributed by atoms with E-state index in [1.54, 1.807) is 59.2 Å².